The molecule has 0 aliphatic carbocycles. The van der Waals surface area contributed by atoms with Crippen molar-refractivity contribution in [3.63, 3.8) is 0 Å². The molecule has 0 heterocycles. The molecule has 0 aliphatic heterocycles. The van der Waals surface area contributed by atoms with Crippen molar-refractivity contribution in [2.24, 2.45) is 0 Å². The van der Waals surface area contributed by atoms with Gasteiger partial charge < -0.3 is 15.4 Å². The van der Waals surface area contributed by atoms with Gasteiger partial charge in [0.1, 0.15) is 5.75 Å². The average molecular weight is 282 g/mol. The Morgan fingerprint density at radius 2 is 2.05 bits per heavy atom. The van der Waals surface area contributed by atoms with Gasteiger partial charge in [-0.15, -0.1) is 0 Å². The molecule has 0 spiro atoms. The lowest BCUT2D eigenvalue weighted by Gasteiger charge is -2.17. The topological polar surface area (TPSA) is 55.6 Å². The Kier molecular flexibility index (Phi) is 6.73. The average Bonchev–Trinajstić information content (AvgIpc) is 2.43. The van der Waals surface area contributed by atoms with Gasteiger partial charge >= 0.3 is 0 Å². The van der Waals surface area contributed by atoms with Crippen LogP contribution in [0.15, 0.2) is 18.2 Å². The molecule has 0 saturated carbocycles. The Balaban J connectivity index is 2.58. The van der Waals surface area contributed by atoms with Crippen LogP contribution in [-0.4, -0.2) is 42.5 Å². The molecule has 1 aromatic rings. The van der Waals surface area contributed by atoms with Crippen molar-refractivity contribution >= 4 is 22.6 Å². The van der Waals surface area contributed by atoms with E-state index >= 15 is 0 Å². The Morgan fingerprint density at radius 1 is 1.37 bits per heavy atom. The lowest BCUT2D eigenvalue weighted by atomic mass is 10.2. The molecule has 0 unspecified atom stereocenters. The molecule has 19 heavy (non-hydrogen) atoms. The highest BCUT2D eigenvalue weighted by molar-refractivity contribution is 8.14. The first-order valence-corrected chi connectivity index (χ1v) is 7.43. The lowest BCUT2D eigenvalue weighted by molar-refractivity contribution is 0.108. The Bertz CT molecular complexity index is 420. The molecular formula is C14H22N2O2S. The molecule has 0 atom stereocenters. The maximum Gasteiger partial charge on any atom is 0.223 e. The summed E-state index contributed by atoms with van der Waals surface area (Å²) in [5.41, 5.74) is 6.86. The number of hydrogen-bond donors (Lipinski definition) is 1. The van der Waals surface area contributed by atoms with Gasteiger partial charge in [-0.1, -0.05) is 25.6 Å². The predicted molar refractivity (Wildman–Crippen MR) is 82.0 cm³/mol. The molecule has 0 aliphatic rings. The van der Waals surface area contributed by atoms with Gasteiger partial charge in [0, 0.05) is 24.1 Å². The number of benzene rings is 1. The van der Waals surface area contributed by atoms with E-state index in [0.29, 0.717) is 17.0 Å². The third-order valence-corrected chi connectivity index (χ3v) is 3.85. The molecule has 0 aromatic heterocycles. The Hall–Kier alpha value is -1.20. The van der Waals surface area contributed by atoms with Crippen molar-refractivity contribution in [2.45, 2.75) is 13.8 Å². The van der Waals surface area contributed by atoms with E-state index in [1.54, 1.807) is 25.3 Å². The quantitative estimate of drug-likeness (QED) is 0.779. The van der Waals surface area contributed by atoms with E-state index in [1.165, 1.54) is 11.8 Å². The molecular weight excluding hydrogens is 260 g/mol. The van der Waals surface area contributed by atoms with Gasteiger partial charge in [0.2, 0.25) is 5.12 Å². The summed E-state index contributed by atoms with van der Waals surface area (Å²) >= 11 is 1.32. The minimum Gasteiger partial charge on any atom is -0.496 e. The van der Waals surface area contributed by atoms with Crippen LogP contribution in [0.1, 0.15) is 24.2 Å². The first-order chi connectivity index (χ1) is 9.12. The second kappa shape index (κ2) is 8.07. The molecule has 5 heteroatoms. The van der Waals surface area contributed by atoms with Gasteiger partial charge in [-0.25, -0.2) is 0 Å². The summed E-state index contributed by atoms with van der Waals surface area (Å²) in [5, 5.41) is 0.0315. The number of ether oxygens (including phenoxy) is 1. The van der Waals surface area contributed by atoms with Crippen molar-refractivity contribution < 1.29 is 9.53 Å². The van der Waals surface area contributed by atoms with Crippen LogP contribution in [0.3, 0.4) is 0 Å². The van der Waals surface area contributed by atoms with Crippen LogP contribution in [0.25, 0.3) is 0 Å². The number of nitrogens with two attached hydrogens (primary N) is 1. The third-order valence-electron chi connectivity index (χ3n) is 2.98. The molecule has 0 radical (unpaired) electrons. The number of carbonyl (C=O) groups excluding carboxylic acids is 1. The molecule has 0 bridgehead atoms. The number of nitrogen functional groups attached to an aromatic ring is 1. The van der Waals surface area contributed by atoms with Gasteiger partial charge in [0.15, 0.2) is 0 Å². The number of hydrogen-bond acceptors (Lipinski definition) is 5. The highest BCUT2D eigenvalue weighted by Crippen LogP contribution is 2.25. The summed E-state index contributed by atoms with van der Waals surface area (Å²) < 4.78 is 5.19. The summed E-state index contributed by atoms with van der Waals surface area (Å²) in [6.07, 6.45) is 0. The first kappa shape index (κ1) is 15.9. The van der Waals surface area contributed by atoms with Crippen molar-refractivity contribution in [3.05, 3.63) is 23.8 Å². The standard InChI is InChI=1S/C14H22N2O2S/c1-4-16(5-2)8-9-19-14(17)12-7-6-11(15)10-13(12)18-3/h6-7,10H,4-5,8-9,15H2,1-3H3. The Morgan fingerprint density at radius 3 is 2.63 bits per heavy atom. The number of thioether (sulfide) groups is 1. The normalized spacial score (nSPS) is 10.7. The minimum absolute atomic E-state index is 0.0315. The first-order valence-electron chi connectivity index (χ1n) is 6.45. The summed E-state index contributed by atoms with van der Waals surface area (Å²) in [4.78, 5) is 14.4. The van der Waals surface area contributed by atoms with Crippen LogP contribution in [-0.2, 0) is 0 Å². The van der Waals surface area contributed by atoms with E-state index in [4.69, 9.17) is 10.5 Å². The fraction of sp³-hybridized carbons (Fsp3) is 0.500. The van der Waals surface area contributed by atoms with E-state index < -0.39 is 0 Å². The number of methoxy groups -OCH3 is 1. The SMILES string of the molecule is CCN(CC)CCSC(=O)c1ccc(N)cc1OC. The van der Waals surface area contributed by atoms with Crippen molar-refractivity contribution in [2.75, 3.05) is 38.2 Å². The van der Waals surface area contributed by atoms with Crippen LogP contribution in [0.2, 0.25) is 0 Å². The van der Waals surface area contributed by atoms with Gasteiger partial charge in [-0.3, -0.25) is 4.79 Å². The summed E-state index contributed by atoms with van der Waals surface area (Å²) in [7, 11) is 1.55. The van der Waals surface area contributed by atoms with Crippen LogP contribution >= 0.6 is 11.8 Å². The molecule has 4 nitrogen and oxygen atoms in total. The van der Waals surface area contributed by atoms with Crippen molar-refractivity contribution in [1.29, 1.82) is 0 Å². The highest BCUT2D eigenvalue weighted by atomic mass is 32.2. The van der Waals surface area contributed by atoms with E-state index in [-0.39, 0.29) is 5.12 Å². The van der Waals surface area contributed by atoms with Gasteiger partial charge in [0.05, 0.1) is 12.7 Å². The number of rotatable bonds is 7. The Labute approximate surface area is 119 Å². The number of anilines is 1. The summed E-state index contributed by atoms with van der Waals surface area (Å²) in [6.45, 7) is 7.19. The maximum atomic E-state index is 12.1. The second-order valence-corrected chi connectivity index (χ2v) is 5.19. The van der Waals surface area contributed by atoms with Crippen LogP contribution < -0.4 is 10.5 Å². The minimum atomic E-state index is 0.0315. The summed E-state index contributed by atoms with van der Waals surface area (Å²) in [6, 6.07) is 5.12. The monoisotopic (exact) mass is 282 g/mol. The zero-order valence-electron chi connectivity index (χ0n) is 11.8. The van der Waals surface area contributed by atoms with Gasteiger partial charge in [-0.2, -0.15) is 0 Å². The molecule has 0 fully saturated rings. The van der Waals surface area contributed by atoms with E-state index in [9.17, 15) is 4.79 Å². The fourth-order valence-electron chi connectivity index (χ4n) is 1.76. The van der Waals surface area contributed by atoms with Crippen molar-refractivity contribution in [1.82, 2.24) is 4.90 Å². The zero-order valence-corrected chi connectivity index (χ0v) is 12.6. The predicted octanol–water partition coefficient (Wildman–Crippen LogP) is 2.49. The van der Waals surface area contributed by atoms with Crippen LogP contribution in [0.5, 0.6) is 5.75 Å². The fourth-order valence-corrected chi connectivity index (χ4v) is 2.62. The molecule has 0 amide bonds. The van der Waals surface area contributed by atoms with Crippen LogP contribution in [0, 0.1) is 0 Å². The number of nitrogens with zero attached hydrogens (tertiary/aromatic N) is 1. The van der Waals surface area contributed by atoms with Gasteiger partial charge in [-0.05, 0) is 25.2 Å². The maximum absolute atomic E-state index is 12.1. The largest absolute Gasteiger partial charge is 0.496 e. The molecule has 1 rings (SSSR count). The van der Waals surface area contributed by atoms with E-state index in [2.05, 4.69) is 18.7 Å². The number of carbonyl (C=O) groups is 1. The molecule has 106 valence electrons. The van der Waals surface area contributed by atoms with Crippen molar-refractivity contribution in [3.8, 4) is 5.75 Å². The van der Waals surface area contributed by atoms with E-state index in [1.807, 2.05) is 0 Å². The third kappa shape index (κ3) is 4.76. The zero-order chi connectivity index (χ0) is 14.3. The molecule has 2 N–H and O–H groups in total. The second-order valence-electron chi connectivity index (χ2n) is 4.12. The van der Waals surface area contributed by atoms with Crippen LogP contribution in [0.4, 0.5) is 5.69 Å². The highest BCUT2D eigenvalue weighted by Gasteiger charge is 2.13. The van der Waals surface area contributed by atoms with Gasteiger partial charge in [0.25, 0.3) is 0 Å². The van der Waals surface area contributed by atoms with E-state index in [0.717, 1.165) is 25.4 Å². The summed E-state index contributed by atoms with van der Waals surface area (Å²) in [5.74, 6) is 1.33. The smallest absolute Gasteiger partial charge is 0.223 e. The molecule has 0 saturated heterocycles. The lowest BCUT2D eigenvalue weighted by Crippen LogP contribution is -2.25. The molecule has 1 aromatic carbocycles.